The van der Waals surface area contributed by atoms with E-state index in [-0.39, 0.29) is 5.56 Å². The second-order valence-corrected chi connectivity index (χ2v) is 5.98. The van der Waals surface area contributed by atoms with E-state index in [1.807, 2.05) is 19.1 Å². The Kier molecular flexibility index (Phi) is 3.88. The molecule has 0 aliphatic heterocycles. The van der Waals surface area contributed by atoms with E-state index in [0.717, 1.165) is 22.1 Å². The number of nitrogens with zero attached hydrogens (tertiary/aromatic N) is 2. The number of benzene rings is 1. The quantitative estimate of drug-likeness (QED) is 0.572. The monoisotopic (exact) mass is 351 g/mol. The van der Waals surface area contributed by atoms with Crippen molar-refractivity contribution in [2.24, 2.45) is 0 Å². The highest BCUT2D eigenvalue weighted by Crippen LogP contribution is 2.31. The molecule has 6 heteroatoms. The molecule has 130 valence electrons. The van der Waals surface area contributed by atoms with E-state index < -0.39 is 11.6 Å². The van der Waals surface area contributed by atoms with Crippen LogP contribution in [0.4, 0.5) is 8.78 Å². The summed E-state index contributed by atoms with van der Waals surface area (Å²) in [4.78, 5) is 11.6. The Labute approximate surface area is 148 Å². The molecule has 1 N–H and O–H groups in total. The first-order valence-corrected chi connectivity index (χ1v) is 8.01. The van der Waals surface area contributed by atoms with Crippen LogP contribution in [-0.4, -0.2) is 22.1 Å². The predicted molar refractivity (Wildman–Crippen MR) is 96.0 cm³/mol. The molecule has 0 aliphatic carbocycles. The lowest BCUT2D eigenvalue weighted by Crippen LogP contribution is -1.91. The number of ether oxygens (including phenoxy) is 1. The molecule has 0 fully saturated rings. The van der Waals surface area contributed by atoms with Gasteiger partial charge in [-0.2, -0.15) is 0 Å². The number of pyridine rings is 2. The fourth-order valence-corrected chi connectivity index (χ4v) is 3.00. The van der Waals surface area contributed by atoms with Crippen LogP contribution < -0.4 is 4.74 Å². The Balaban J connectivity index is 1.82. The molecule has 0 atom stereocenters. The first-order valence-electron chi connectivity index (χ1n) is 8.01. The van der Waals surface area contributed by atoms with Crippen molar-refractivity contribution < 1.29 is 13.5 Å². The summed E-state index contributed by atoms with van der Waals surface area (Å²) in [6.07, 6.45) is 3.43. The van der Waals surface area contributed by atoms with Crippen LogP contribution in [0.25, 0.3) is 33.4 Å². The third-order valence-corrected chi connectivity index (χ3v) is 4.31. The molecule has 0 saturated heterocycles. The number of hydrogen-bond donors (Lipinski definition) is 1. The maximum absolute atomic E-state index is 14.0. The molecular formula is C20H15F2N3O. The largest absolute Gasteiger partial charge is 0.481 e. The molecule has 0 radical (unpaired) electrons. The summed E-state index contributed by atoms with van der Waals surface area (Å²) in [5, 5.41) is 0.760. The van der Waals surface area contributed by atoms with Gasteiger partial charge in [0, 0.05) is 35.0 Å². The normalized spacial score (nSPS) is 11.1. The van der Waals surface area contributed by atoms with E-state index >= 15 is 0 Å². The van der Waals surface area contributed by atoms with Crippen LogP contribution in [0.15, 0.2) is 48.8 Å². The minimum absolute atomic E-state index is 0.0886. The van der Waals surface area contributed by atoms with Crippen molar-refractivity contribution >= 4 is 11.0 Å². The van der Waals surface area contributed by atoms with E-state index in [9.17, 15) is 8.78 Å². The van der Waals surface area contributed by atoms with Gasteiger partial charge in [-0.15, -0.1) is 0 Å². The first kappa shape index (κ1) is 16.2. The lowest BCUT2D eigenvalue weighted by atomic mass is 10.0. The van der Waals surface area contributed by atoms with Crippen molar-refractivity contribution in [3.05, 3.63) is 66.0 Å². The van der Waals surface area contributed by atoms with Crippen LogP contribution in [0.1, 0.15) is 5.56 Å². The molecule has 0 bridgehead atoms. The SMILES string of the molecule is COc1cc(C)c(-c2cnc3[nH]c(-c4c(F)cccc4F)cc3c2)cn1. The average Bonchev–Trinajstić information content (AvgIpc) is 3.04. The highest BCUT2D eigenvalue weighted by atomic mass is 19.1. The van der Waals surface area contributed by atoms with Crippen molar-refractivity contribution in [3.63, 3.8) is 0 Å². The molecule has 0 saturated carbocycles. The molecule has 0 unspecified atom stereocenters. The summed E-state index contributed by atoms with van der Waals surface area (Å²) in [6.45, 7) is 1.96. The van der Waals surface area contributed by atoms with Crippen molar-refractivity contribution in [1.29, 1.82) is 0 Å². The Hall–Kier alpha value is -3.28. The van der Waals surface area contributed by atoms with Gasteiger partial charge < -0.3 is 9.72 Å². The molecule has 4 aromatic rings. The van der Waals surface area contributed by atoms with Gasteiger partial charge in [0.2, 0.25) is 5.88 Å². The Morgan fingerprint density at radius 2 is 1.77 bits per heavy atom. The minimum Gasteiger partial charge on any atom is -0.481 e. The van der Waals surface area contributed by atoms with Gasteiger partial charge in [0.1, 0.15) is 17.3 Å². The van der Waals surface area contributed by atoms with Gasteiger partial charge >= 0.3 is 0 Å². The molecule has 3 aromatic heterocycles. The van der Waals surface area contributed by atoms with Crippen LogP contribution in [0, 0.1) is 18.6 Å². The second kappa shape index (κ2) is 6.22. The van der Waals surface area contributed by atoms with Gasteiger partial charge in [-0.1, -0.05) is 6.07 Å². The van der Waals surface area contributed by atoms with E-state index in [4.69, 9.17) is 4.74 Å². The molecule has 0 amide bonds. The molecule has 1 aromatic carbocycles. The van der Waals surface area contributed by atoms with E-state index in [2.05, 4.69) is 15.0 Å². The van der Waals surface area contributed by atoms with Crippen LogP contribution in [0.3, 0.4) is 0 Å². The third-order valence-electron chi connectivity index (χ3n) is 4.31. The van der Waals surface area contributed by atoms with Gasteiger partial charge in [-0.3, -0.25) is 0 Å². The molecular weight excluding hydrogens is 336 g/mol. The number of aromatic nitrogens is 3. The maximum Gasteiger partial charge on any atom is 0.213 e. The van der Waals surface area contributed by atoms with Crippen molar-refractivity contribution in [1.82, 2.24) is 15.0 Å². The van der Waals surface area contributed by atoms with Gasteiger partial charge in [0.15, 0.2) is 0 Å². The summed E-state index contributed by atoms with van der Waals surface area (Å²) in [5.74, 6) is -0.696. The molecule has 3 heterocycles. The van der Waals surface area contributed by atoms with E-state index in [1.54, 1.807) is 25.6 Å². The van der Waals surface area contributed by atoms with Gasteiger partial charge in [-0.05, 0) is 36.8 Å². The zero-order valence-corrected chi connectivity index (χ0v) is 14.2. The minimum atomic E-state index is -0.619. The Morgan fingerprint density at radius 1 is 1.00 bits per heavy atom. The number of hydrogen-bond acceptors (Lipinski definition) is 3. The Morgan fingerprint density at radius 3 is 2.46 bits per heavy atom. The zero-order valence-electron chi connectivity index (χ0n) is 14.2. The lowest BCUT2D eigenvalue weighted by molar-refractivity contribution is 0.397. The summed E-state index contributed by atoms with van der Waals surface area (Å²) >= 11 is 0. The van der Waals surface area contributed by atoms with Crippen LogP contribution >= 0.6 is 0 Å². The topological polar surface area (TPSA) is 50.8 Å². The van der Waals surface area contributed by atoms with E-state index in [0.29, 0.717) is 17.2 Å². The van der Waals surface area contributed by atoms with Crippen LogP contribution in [0.2, 0.25) is 0 Å². The lowest BCUT2D eigenvalue weighted by Gasteiger charge is -2.07. The van der Waals surface area contributed by atoms with Crippen LogP contribution in [-0.2, 0) is 0 Å². The molecule has 4 nitrogen and oxygen atoms in total. The molecule has 4 rings (SSSR count). The third kappa shape index (κ3) is 2.69. The second-order valence-electron chi connectivity index (χ2n) is 5.98. The molecule has 0 spiro atoms. The first-order chi connectivity index (χ1) is 12.6. The summed E-state index contributed by atoms with van der Waals surface area (Å²) in [7, 11) is 1.57. The van der Waals surface area contributed by atoms with Gasteiger partial charge in [0.05, 0.1) is 18.4 Å². The zero-order chi connectivity index (χ0) is 18.3. The number of nitrogens with one attached hydrogen (secondary N) is 1. The summed E-state index contributed by atoms with van der Waals surface area (Å²) in [6, 6.07) is 9.25. The number of aromatic amines is 1. The molecule has 26 heavy (non-hydrogen) atoms. The van der Waals surface area contributed by atoms with Crippen molar-refractivity contribution in [3.8, 4) is 28.3 Å². The smallest absolute Gasteiger partial charge is 0.213 e. The number of halogens is 2. The number of rotatable bonds is 3. The number of methoxy groups -OCH3 is 1. The van der Waals surface area contributed by atoms with Gasteiger partial charge in [0.25, 0.3) is 0 Å². The maximum atomic E-state index is 14.0. The fourth-order valence-electron chi connectivity index (χ4n) is 3.00. The summed E-state index contributed by atoms with van der Waals surface area (Å²) < 4.78 is 33.2. The van der Waals surface area contributed by atoms with Crippen molar-refractivity contribution in [2.75, 3.05) is 7.11 Å². The predicted octanol–water partition coefficient (Wildman–Crippen LogP) is 4.89. The number of fused-ring (bicyclic) bond motifs is 1. The van der Waals surface area contributed by atoms with E-state index in [1.165, 1.54) is 18.2 Å². The number of H-pyrrole nitrogens is 1. The number of aryl methyl sites for hydroxylation is 1. The highest BCUT2D eigenvalue weighted by Gasteiger charge is 2.14. The standard InChI is InChI=1S/C20H15F2N3O/c1-11-6-18(26-2)23-10-14(11)13-7-12-8-17(25-20(12)24-9-13)19-15(21)4-3-5-16(19)22/h3-10H,1-2H3,(H,24,25). The highest BCUT2D eigenvalue weighted by molar-refractivity contribution is 5.87. The van der Waals surface area contributed by atoms with Crippen molar-refractivity contribution in [2.45, 2.75) is 6.92 Å². The molecule has 0 aliphatic rings. The van der Waals surface area contributed by atoms with Crippen LogP contribution in [0.5, 0.6) is 5.88 Å². The Bertz CT molecular complexity index is 1100. The van der Waals surface area contributed by atoms with Gasteiger partial charge in [-0.25, -0.2) is 18.7 Å². The summed E-state index contributed by atoms with van der Waals surface area (Å²) in [5.41, 5.74) is 3.60. The fraction of sp³-hybridized carbons (Fsp3) is 0.100. The average molecular weight is 351 g/mol.